The monoisotopic (exact) mass is 351 g/mol. The Morgan fingerprint density at radius 3 is 1.78 bits per heavy atom. The lowest BCUT2D eigenvalue weighted by molar-refractivity contribution is 0.482. The Bertz CT molecular complexity index is 1110. The molecule has 1 heterocycles. The molecule has 0 bridgehead atoms. The summed E-state index contributed by atoms with van der Waals surface area (Å²) in [5.74, 6) is 1.74. The highest BCUT2D eigenvalue weighted by atomic mass is 16.5. The molecule has 0 aliphatic carbocycles. The van der Waals surface area contributed by atoms with Crippen LogP contribution in [0, 0.1) is 6.92 Å². The quantitative estimate of drug-likeness (QED) is 0.360. The van der Waals surface area contributed by atoms with E-state index in [-0.39, 0.29) is 0 Å². The summed E-state index contributed by atoms with van der Waals surface area (Å²) >= 11 is 0. The van der Waals surface area contributed by atoms with E-state index in [1.807, 2.05) is 60.7 Å². The summed E-state index contributed by atoms with van der Waals surface area (Å²) in [5.41, 5.74) is 3.78. The van der Waals surface area contributed by atoms with Crippen molar-refractivity contribution in [2.45, 2.75) is 6.92 Å². The number of nitrogens with one attached hydrogen (secondary N) is 1. The highest BCUT2D eigenvalue weighted by Crippen LogP contribution is 2.26. The highest BCUT2D eigenvalue weighted by molar-refractivity contribution is 6.08. The SMILES string of the molecule is Cc1cccc2c1[nH]c1ccccc12.c1ccc(Oc2ccccc2)cc1. The van der Waals surface area contributed by atoms with E-state index < -0.39 is 0 Å². The summed E-state index contributed by atoms with van der Waals surface area (Å²) in [5, 5.41) is 2.63. The van der Waals surface area contributed by atoms with Crippen LogP contribution in [-0.4, -0.2) is 4.98 Å². The molecule has 0 amide bonds. The molecule has 5 aromatic rings. The van der Waals surface area contributed by atoms with Crippen molar-refractivity contribution in [2.24, 2.45) is 0 Å². The summed E-state index contributed by atoms with van der Waals surface area (Å²) in [6.07, 6.45) is 0. The maximum absolute atomic E-state index is 5.58. The Morgan fingerprint density at radius 2 is 1.11 bits per heavy atom. The van der Waals surface area contributed by atoms with Crippen molar-refractivity contribution < 1.29 is 4.74 Å². The number of aromatic nitrogens is 1. The Morgan fingerprint density at radius 1 is 0.556 bits per heavy atom. The molecule has 0 aliphatic heterocycles. The van der Waals surface area contributed by atoms with Crippen LogP contribution in [0.3, 0.4) is 0 Å². The Labute approximate surface area is 159 Å². The van der Waals surface area contributed by atoms with Gasteiger partial charge < -0.3 is 9.72 Å². The maximum atomic E-state index is 5.58. The van der Waals surface area contributed by atoms with Gasteiger partial charge in [-0.1, -0.05) is 72.8 Å². The predicted molar refractivity (Wildman–Crippen MR) is 113 cm³/mol. The molecule has 0 atom stereocenters. The van der Waals surface area contributed by atoms with Gasteiger partial charge in [-0.25, -0.2) is 0 Å². The van der Waals surface area contributed by atoms with Gasteiger partial charge in [0.05, 0.1) is 0 Å². The van der Waals surface area contributed by atoms with Crippen LogP contribution >= 0.6 is 0 Å². The van der Waals surface area contributed by atoms with Gasteiger partial charge in [-0.15, -0.1) is 0 Å². The predicted octanol–water partition coefficient (Wildman–Crippen LogP) is 7.11. The summed E-state index contributed by atoms with van der Waals surface area (Å²) in [4.78, 5) is 3.45. The van der Waals surface area contributed by atoms with Gasteiger partial charge >= 0.3 is 0 Å². The molecule has 0 unspecified atom stereocenters. The Hall–Kier alpha value is -3.52. The minimum atomic E-state index is 0.869. The molecular weight excluding hydrogens is 330 g/mol. The summed E-state index contributed by atoms with van der Waals surface area (Å²) in [6.45, 7) is 2.14. The minimum absolute atomic E-state index is 0.869. The van der Waals surface area contributed by atoms with E-state index in [1.165, 1.54) is 27.4 Å². The third-order valence-electron chi connectivity index (χ3n) is 4.47. The molecule has 2 heteroatoms. The van der Waals surface area contributed by atoms with Crippen LogP contribution in [0.15, 0.2) is 103 Å². The largest absolute Gasteiger partial charge is 0.457 e. The number of aromatic amines is 1. The highest BCUT2D eigenvalue weighted by Gasteiger charge is 2.03. The number of hydrogen-bond donors (Lipinski definition) is 1. The average molecular weight is 351 g/mol. The molecule has 1 aromatic heterocycles. The van der Waals surface area contributed by atoms with Crippen LogP contribution in [0.25, 0.3) is 21.8 Å². The second-order valence-electron chi connectivity index (χ2n) is 6.40. The average Bonchev–Trinajstić information content (AvgIpc) is 3.11. The van der Waals surface area contributed by atoms with E-state index in [0.29, 0.717) is 0 Å². The minimum Gasteiger partial charge on any atom is -0.457 e. The third kappa shape index (κ3) is 3.85. The van der Waals surface area contributed by atoms with Gasteiger partial charge in [0.15, 0.2) is 0 Å². The fraction of sp³-hybridized carbons (Fsp3) is 0.0400. The van der Waals surface area contributed by atoms with Crippen LogP contribution < -0.4 is 4.74 Å². The Balaban J connectivity index is 0.000000134. The zero-order valence-electron chi connectivity index (χ0n) is 15.2. The van der Waals surface area contributed by atoms with Crippen LogP contribution in [-0.2, 0) is 0 Å². The number of hydrogen-bond acceptors (Lipinski definition) is 1. The summed E-state index contributed by atoms with van der Waals surface area (Å²) in [7, 11) is 0. The van der Waals surface area contributed by atoms with Gasteiger partial charge in [0.1, 0.15) is 11.5 Å². The van der Waals surface area contributed by atoms with Crippen molar-refractivity contribution in [3.05, 3.63) is 109 Å². The fourth-order valence-electron chi connectivity index (χ4n) is 3.13. The molecule has 0 saturated heterocycles. The molecule has 0 fully saturated rings. The van der Waals surface area contributed by atoms with E-state index in [1.54, 1.807) is 0 Å². The number of para-hydroxylation sites is 4. The standard InChI is InChI=1S/C13H11N.C12H10O/c1-9-5-4-7-11-10-6-2-3-8-12(10)14-13(9)11;1-3-7-11(8-4-1)13-12-9-5-2-6-10-12/h2-8,14H,1H3;1-10H. The lowest BCUT2D eigenvalue weighted by Crippen LogP contribution is -1.81. The van der Waals surface area contributed by atoms with Gasteiger partial charge in [-0.2, -0.15) is 0 Å². The molecule has 2 nitrogen and oxygen atoms in total. The Kier molecular flexibility index (Phi) is 4.88. The molecule has 0 aliphatic rings. The van der Waals surface area contributed by atoms with Gasteiger partial charge in [0.25, 0.3) is 0 Å². The zero-order chi connectivity index (χ0) is 18.5. The van der Waals surface area contributed by atoms with Crippen LogP contribution in [0.5, 0.6) is 11.5 Å². The zero-order valence-corrected chi connectivity index (χ0v) is 15.2. The van der Waals surface area contributed by atoms with E-state index >= 15 is 0 Å². The molecule has 0 radical (unpaired) electrons. The first-order chi connectivity index (χ1) is 13.3. The van der Waals surface area contributed by atoms with E-state index in [4.69, 9.17) is 4.74 Å². The summed E-state index contributed by atoms with van der Waals surface area (Å²) in [6, 6.07) is 34.4. The van der Waals surface area contributed by atoms with Crippen molar-refractivity contribution >= 4 is 21.8 Å². The second-order valence-corrected chi connectivity index (χ2v) is 6.40. The van der Waals surface area contributed by atoms with Crippen molar-refractivity contribution in [1.82, 2.24) is 4.98 Å². The number of ether oxygens (including phenoxy) is 1. The fourth-order valence-corrected chi connectivity index (χ4v) is 3.13. The van der Waals surface area contributed by atoms with Gasteiger partial charge in [-0.3, -0.25) is 0 Å². The topological polar surface area (TPSA) is 25.0 Å². The van der Waals surface area contributed by atoms with Crippen molar-refractivity contribution in [1.29, 1.82) is 0 Å². The lowest BCUT2D eigenvalue weighted by Gasteiger charge is -2.03. The first-order valence-electron chi connectivity index (χ1n) is 9.05. The van der Waals surface area contributed by atoms with Gasteiger partial charge in [-0.05, 0) is 42.8 Å². The van der Waals surface area contributed by atoms with E-state index in [0.717, 1.165) is 11.5 Å². The molecular formula is C25H21NO. The normalized spacial score (nSPS) is 10.4. The van der Waals surface area contributed by atoms with Crippen molar-refractivity contribution in [2.75, 3.05) is 0 Å². The number of H-pyrrole nitrogens is 1. The molecule has 1 N–H and O–H groups in total. The second kappa shape index (κ2) is 7.79. The first kappa shape index (κ1) is 16.9. The number of rotatable bonds is 2. The molecule has 0 spiro atoms. The molecule has 27 heavy (non-hydrogen) atoms. The summed E-state index contributed by atoms with van der Waals surface area (Å²) < 4.78 is 5.58. The molecule has 5 rings (SSSR count). The van der Waals surface area contributed by atoms with Crippen molar-refractivity contribution in [3.63, 3.8) is 0 Å². The maximum Gasteiger partial charge on any atom is 0.127 e. The lowest BCUT2D eigenvalue weighted by atomic mass is 10.1. The van der Waals surface area contributed by atoms with Crippen LogP contribution in [0.1, 0.15) is 5.56 Å². The van der Waals surface area contributed by atoms with Crippen LogP contribution in [0.4, 0.5) is 0 Å². The van der Waals surface area contributed by atoms with E-state index in [9.17, 15) is 0 Å². The van der Waals surface area contributed by atoms with Gasteiger partial charge in [0.2, 0.25) is 0 Å². The smallest absolute Gasteiger partial charge is 0.127 e. The molecule has 0 saturated carbocycles. The number of benzene rings is 4. The molecule has 4 aromatic carbocycles. The number of aryl methyl sites for hydroxylation is 1. The van der Waals surface area contributed by atoms with Crippen molar-refractivity contribution in [3.8, 4) is 11.5 Å². The van der Waals surface area contributed by atoms with Gasteiger partial charge in [0, 0.05) is 21.8 Å². The molecule has 132 valence electrons. The third-order valence-corrected chi connectivity index (χ3v) is 4.47. The van der Waals surface area contributed by atoms with E-state index in [2.05, 4.69) is 54.4 Å². The first-order valence-corrected chi connectivity index (χ1v) is 9.05. The number of fused-ring (bicyclic) bond motifs is 3. The van der Waals surface area contributed by atoms with Crippen LogP contribution in [0.2, 0.25) is 0 Å².